The highest BCUT2D eigenvalue weighted by Gasteiger charge is 2.34. The number of nitrogens with one attached hydrogen (secondary N) is 2. The van der Waals surface area contributed by atoms with Crippen molar-refractivity contribution in [2.24, 2.45) is 0 Å². The number of methoxy groups -OCH3 is 1. The van der Waals surface area contributed by atoms with Crippen LogP contribution in [0.5, 0.6) is 5.75 Å². The molecule has 0 atom stereocenters. The predicted octanol–water partition coefficient (Wildman–Crippen LogP) is 1.69. The Morgan fingerprint density at radius 2 is 1.71 bits per heavy atom. The van der Waals surface area contributed by atoms with Crippen LogP contribution in [0.3, 0.4) is 0 Å². The molecule has 3 rings (SSSR count). The molecular weight excluding hydrogens is 272 g/mol. The number of imide groups is 1. The third-order valence-corrected chi connectivity index (χ3v) is 3.35. The lowest BCUT2D eigenvalue weighted by molar-refractivity contribution is -0.114. The van der Waals surface area contributed by atoms with E-state index < -0.39 is 11.8 Å². The minimum absolute atomic E-state index is 0.144. The van der Waals surface area contributed by atoms with Crippen molar-refractivity contribution in [3.05, 3.63) is 35.4 Å². The zero-order chi connectivity index (χ0) is 15.1. The van der Waals surface area contributed by atoms with Crippen molar-refractivity contribution >= 4 is 34.2 Å². The van der Waals surface area contributed by atoms with Crippen LogP contribution in [0.15, 0.2) is 24.3 Å². The maximum Gasteiger partial charge on any atom is 0.261 e. The van der Waals surface area contributed by atoms with Crippen molar-refractivity contribution in [2.45, 2.75) is 6.92 Å². The topological polar surface area (TPSA) is 84.5 Å². The molecule has 0 saturated heterocycles. The summed E-state index contributed by atoms with van der Waals surface area (Å²) in [4.78, 5) is 35.5. The molecule has 1 aliphatic heterocycles. The molecule has 2 aromatic carbocycles. The first kappa shape index (κ1) is 13.1. The molecule has 6 nitrogen and oxygen atoms in total. The minimum atomic E-state index is -0.539. The summed E-state index contributed by atoms with van der Waals surface area (Å²) in [5.74, 6) is -0.995. The van der Waals surface area contributed by atoms with E-state index in [-0.39, 0.29) is 22.7 Å². The van der Waals surface area contributed by atoms with Gasteiger partial charge in [0.25, 0.3) is 11.8 Å². The molecule has 21 heavy (non-hydrogen) atoms. The van der Waals surface area contributed by atoms with Crippen molar-refractivity contribution in [1.82, 2.24) is 5.32 Å². The summed E-state index contributed by atoms with van der Waals surface area (Å²) in [5, 5.41) is 6.12. The van der Waals surface area contributed by atoms with Gasteiger partial charge in [0, 0.05) is 12.3 Å². The highest BCUT2D eigenvalue weighted by molar-refractivity contribution is 6.30. The van der Waals surface area contributed by atoms with E-state index >= 15 is 0 Å². The molecule has 3 amide bonds. The fourth-order valence-corrected chi connectivity index (χ4v) is 2.61. The van der Waals surface area contributed by atoms with Crippen molar-refractivity contribution < 1.29 is 19.1 Å². The van der Waals surface area contributed by atoms with Gasteiger partial charge in [-0.3, -0.25) is 19.7 Å². The first-order chi connectivity index (χ1) is 10.0. The van der Waals surface area contributed by atoms with Gasteiger partial charge in [-0.1, -0.05) is 24.3 Å². The van der Waals surface area contributed by atoms with E-state index in [1.165, 1.54) is 14.0 Å². The van der Waals surface area contributed by atoms with Gasteiger partial charge in [-0.25, -0.2) is 0 Å². The second-order valence-corrected chi connectivity index (χ2v) is 4.67. The molecular formula is C15H12N2O4. The molecule has 0 aromatic heterocycles. The number of ether oxygens (including phenoxy) is 1. The summed E-state index contributed by atoms with van der Waals surface area (Å²) in [6.45, 7) is 1.33. The molecule has 0 radical (unpaired) electrons. The van der Waals surface area contributed by atoms with Gasteiger partial charge < -0.3 is 10.1 Å². The lowest BCUT2D eigenvalue weighted by atomic mass is 9.97. The molecule has 106 valence electrons. The van der Waals surface area contributed by atoms with Gasteiger partial charge in [0.1, 0.15) is 0 Å². The number of anilines is 1. The lowest BCUT2D eigenvalue weighted by Crippen LogP contribution is -2.20. The number of fused-ring (bicyclic) bond motifs is 3. The molecule has 0 bridgehead atoms. The van der Waals surface area contributed by atoms with E-state index in [0.29, 0.717) is 16.5 Å². The van der Waals surface area contributed by atoms with E-state index in [1.54, 1.807) is 24.3 Å². The number of amides is 3. The first-order valence-corrected chi connectivity index (χ1v) is 6.30. The molecule has 1 aliphatic rings. The van der Waals surface area contributed by atoms with Crippen LogP contribution in [0.2, 0.25) is 0 Å². The van der Waals surface area contributed by atoms with Crippen LogP contribution < -0.4 is 15.4 Å². The quantitative estimate of drug-likeness (QED) is 0.822. The summed E-state index contributed by atoms with van der Waals surface area (Å²) in [7, 11) is 1.45. The Labute approximate surface area is 120 Å². The Morgan fingerprint density at radius 3 is 2.33 bits per heavy atom. The zero-order valence-corrected chi connectivity index (χ0v) is 11.4. The highest BCUT2D eigenvalue weighted by atomic mass is 16.5. The third kappa shape index (κ3) is 1.84. The van der Waals surface area contributed by atoms with Gasteiger partial charge >= 0.3 is 0 Å². The summed E-state index contributed by atoms with van der Waals surface area (Å²) in [5.41, 5.74) is 0.632. The second-order valence-electron chi connectivity index (χ2n) is 4.67. The summed E-state index contributed by atoms with van der Waals surface area (Å²) in [6, 6.07) is 7.09. The Morgan fingerprint density at radius 1 is 1.10 bits per heavy atom. The Hall–Kier alpha value is -2.89. The van der Waals surface area contributed by atoms with E-state index in [1.807, 2.05) is 0 Å². The van der Waals surface area contributed by atoms with Crippen molar-refractivity contribution in [3.8, 4) is 5.75 Å². The first-order valence-electron chi connectivity index (χ1n) is 6.30. The van der Waals surface area contributed by atoms with Crippen LogP contribution in [-0.4, -0.2) is 24.8 Å². The number of carbonyl (C=O) groups is 3. The monoisotopic (exact) mass is 284 g/mol. The second kappa shape index (κ2) is 4.59. The van der Waals surface area contributed by atoms with Gasteiger partial charge in [-0.05, 0) is 5.39 Å². The number of rotatable bonds is 2. The Kier molecular flexibility index (Phi) is 2.86. The van der Waals surface area contributed by atoms with Crippen molar-refractivity contribution in [1.29, 1.82) is 0 Å². The lowest BCUT2D eigenvalue weighted by Gasteiger charge is -2.15. The SMILES string of the molecule is COc1c(NC(C)=O)c2c(c3ccccc13)C(=O)NC2=O. The van der Waals surface area contributed by atoms with Crippen LogP contribution >= 0.6 is 0 Å². The summed E-state index contributed by atoms with van der Waals surface area (Å²) >= 11 is 0. The Bertz CT molecular complexity index is 811. The Balaban J connectivity index is 2.49. The van der Waals surface area contributed by atoms with Crippen LogP contribution in [0, 0.1) is 0 Å². The fraction of sp³-hybridized carbons (Fsp3) is 0.133. The molecule has 1 heterocycles. The van der Waals surface area contributed by atoms with Crippen LogP contribution in [0.4, 0.5) is 5.69 Å². The van der Waals surface area contributed by atoms with E-state index in [4.69, 9.17) is 4.74 Å². The molecule has 0 spiro atoms. The van der Waals surface area contributed by atoms with Gasteiger partial charge in [-0.2, -0.15) is 0 Å². The molecule has 0 fully saturated rings. The van der Waals surface area contributed by atoms with Gasteiger partial charge in [0.2, 0.25) is 5.91 Å². The molecule has 0 aliphatic carbocycles. The van der Waals surface area contributed by atoms with E-state index in [9.17, 15) is 14.4 Å². The molecule has 6 heteroatoms. The van der Waals surface area contributed by atoms with Crippen LogP contribution in [0.1, 0.15) is 27.6 Å². The maximum atomic E-state index is 12.1. The van der Waals surface area contributed by atoms with Crippen molar-refractivity contribution in [3.63, 3.8) is 0 Å². The molecule has 2 N–H and O–H groups in total. The number of carbonyl (C=O) groups excluding carboxylic acids is 3. The van der Waals surface area contributed by atoms with Gasteiger partial charge in [-0.15, -0.1) is 0 Å². The predicted molar refractivity (Wildman–Crippen MR) is 76.6 cm³/mol. The highest BCUT2D eigenvalue weighted by Crippen LogP contribution is 2.41. The normalized spacial score (nSPS) is 13.0. The number of hydrogen-bond acceptors (Lipinski definition) is 4. The smallest absolute Gasteiger partial charge is 0.261 e. The van der Waals surface area contributed by atoms with E-state index in [2.05, 4.69) is 10.6 Å². The van der Waals surface area contributed by atoms with E-state index in [0.717, 1.165) is 0 Å². The number of benzene rings is 2. The fourth-order valence-electron chi connectivity index (χ4n) is 2.61. The molecule has 0 saturated carbocycles. The van der Waals surface area contributed by atoms with Crippen molar-refractivity contribution in [2.75, 3.05) is 12.4 Å². The largest absolute Gasteiger partial charge is 0.494 e. The summed E-state index contributed by atoms with van der Waals surface area (Å²) < 4.78 is 5.36. The third-order valence-electron chi connectivity index (χ3n) is 3.35. The summed E-state index contributed by atoms with van der Waals surface area (Å²) in [6.07, 6.45) is 0. The standard InChI is InChI=1S/C15H12N2O4/c1-7(18)16-12-11-10(14(19)17-15(11)20)8-5-3-4-6-9(8)13(12)21-2/h3-6H,1-2H3,(H,16,18)(H,17,19,20). The van der Waals surface area contributed by atoms with Crippen LogP contribution in [-0.2, 0) is 4.79 Å². The molecule has 2 aromatic rings. The maximum absolute atomic E-state index is 12.1. The minimum Gasteiger partial charge on any atom is -0.494 e. The van der Waals surface area contributed by atoms with Gasteiger partial charge in [0.05, 0.1) is 23.9 Å². The number of hydrogen-bond donors (Lipinski definition) is 2. The van der Waals surface area contributed by atoms with Crippen LogP contribution in [0.25, 0.3) is 10.8 Å². The molecule has 0 unspecified atom stereocenters. The zero-order valence-electron chi connectivity index (χ0n) is 11.4. The van der Waals surface area contributed by atoms with Gasteiger partial charge in [0.15, 0.2) is 5.75 Å². The average molecular weight is 284 g/mol. The average Bonchev–Trinajstić information content (AvgIpc) is 2.74.